The quantitative estimate of drug-likeness (QED) is 0.110. The molecule has 7 nitrogen and oxygen atoms in total. The summed E-state index contributed by atoms with van der Waals surface area (Å²) < 4.78 is 2.26. The number of nitro benzene ring substituents is 1. The van der Waals surface area contributed by atoms with E-state index in [0.29, 0.717) is 5.11 Å². The molecule has 0 unspecified atom stereocenters. The van der Waals surface area contributed by atoms with Gasteiger partial charge in [0.2, 0.25) is 0 Å². The predicted octanol–water partition coefficient (Wildman–Crippen LogP) is 8.69. The molecule has 6 rings (SSSR count). The van der Waals surface area contributed by atoms with Gasteiger partial charge < -0.3 is 14.8 Å². The predicted molar refractivity (Wildman–Crippen MR) is 177 cm³/mol. The minimum atomic E-state index is -0.390. The minimum absolute atomic E-state index is 0.0770. The maximum Gasteiger partial charge on any atom is 0.269 e. The van der Waals surface area contributed by atoms with Crippen molar-refractivity contribution in [2.75, 3.05) is 4.90 Å². The number of anilines is 1. The fourth-order valence-corrected chi connectivity index (χ4v) is 7.02. The fourth-order valence-electron chi connectivity index (χ4n) is 5.69. The average Bonchev–Trinajstić information content (AvgIpc) is 3.50. The lowest BCUT2D eigenvalue weighted by Gasteiger charge is -2.28. The second kappa shape index (κ2) is 11.8. The Morgan fingerprint density at radius 1 is 0.953 bits per heavy atom. The minimum Gasteiger partial charge on any atom is -0.351 e. The van der Waals surface area contributed by atoms with Gasteiger partial charge in [0.05, 0.1) is 22.7 Å². The van der Waals surface area contributed by atoms with Crippen LogP contribution in [0, 0.1) is 30.9 Å². The highest BCUT2D eigenvalue weighted by atomic mass is 35.5. The van der Waals surface area contributed by atoms with E-state index in [-0.39, 0.29) is 17.8 Å². The summed E-state index contributed by atoms with van der Waals surface area (Å²) in [6.07, 6.45) is 1.81. The summed E-state index contributed by atoms with van der Waals surface area (Å²) in [5.41, 5.74) is 7.37. The van der Waals surface area contributed by atoms with Gasteiger partial charge >= 0.3 is 0 Å². The Labute approximate surface area is 264 Å². The smallest absolute Gasteiger partial charge is 0.269 e. The molecule has 0 amide bonds. The molecule has 3 aromatic carbocycles. The molecule has 1 saturated heterocycles. The number of benzene rings is 3. The third-order valence-corrected chi connectivity index (χ3v) is 9.50. The van der Waals surface area contributed by atoms with Crippen LogP contribution in [0.4, 0.5) is 11.4 Å². The molecule has 2 atom stereocenters. The Balaban J connectivity index is 1.39. The van der Waals surface area contributed by atoms with E-state index in [4.69, 9.17) is 28.8 Å². The lowest BCUT2D eigenvalue weighted by atomic mass is 9.96. The Morgan fingerprint density at radius 3 is 2.30 bits per heavy atom. The second-order valence-electron chi connectivity index (χ2n) is 10.4. The summed E-state index contributed by atoms with van der Waals surface area (Å²) >= 11 is 14.0. The van der Waals surface area contributed by atoms with E-state index < -0.39 is 4.92 Å². The van der Waals surface area contributed by atoms with E-state index in [1.165, 1.54) is 12.1 Å². The Kier molecular flexibility index (Phi) is 7.96. The molecule has 1 aliphatic rings. The van der Waals surface area contributed by atoms with Crippen molar-refractivity contribution >= 4 is 52.1 Å². The molecule has 5 aromatic rings. The number of halogens is 1. The first-order valence-electron chi connectivity index (χ1n) is 13.7. The zero-order chi connectivity index (χ0) is 30.2. The number of aryl methyl sites for hydroxylation is 1. The van der Waals surface area contributed by atoms with Gasteiger partial charge in [-0.1, -0.05) is 35.5 Å². The van der Waals surface area contributed by atoms with Crippen molar-refractivity contribution in [3.8, 4) is 5.69 Å². The third-order valence-electron chi connectivity index (χ3n) is 7.77. The highest BCUT2D eigenvalue weighted by Crippen LogP contribution is 2.44. The number of nitrogens with zero attached hydrogens (tertiary/aromatic N) is 4. The molecule has 0 saturated carbocycles. The average molecular weight is 626 g/mol. The SMILES string of the molecule is Cc1c(Cl)cccc1-n1c(C)cc([C@H]2[C@@H](c3ccccn3)NC(=S)N2c2ccc(Sc3ccc([N+](=O)[O-])cc3)cc2)c1C. The number of thiocarbonyl (C=S) groups is 1. The van der Waals surface area contributed by atoms with Crippen molar-refractivity contribution in [3.63, 3.8) is 0 Å². The number of hydrogen-bond donors (Lipinski definition) is 1. The molecule has 0 spiro atoms. The Hall–Kier alpha value is -4.18. The van der Waals surface area contributed by atoms with Crippen molar-refractivity contribution in [2.24, 2.45) is 0 Å². The van der Waals surface area contributed by atoms with Gasteiger partial charge in [-0.15, -0.1) is 0 Å². The number of rotatable bonds is 7. The normalized spacial score (nSPS) is 16.4. The summed E-state index contributed by atoms with van der Waals surface area (Å²) in [6.45, 7) is 6.30. The van der Waals surface area contributed by atoms with Crippen LogP contribution < -0.4 is 10.2 Å². The molecule has 3 heterocycles. The van der Waals surface area contributed by atoms with Gasteiger partial charge in [0.1, 0.15) is 0 Å². The van der Waals surface area contributed by atoms with Crippen LogP contribution in [-0.2, 0) is 0 Å². The van der Waals surface area contributed by atoms with Crippen LogP contribution in [0.3, 0.4) is 0 Å². The van der Waals surface area contributed by atoms with Crippen LogP contribution in [0.1, 0.15) is 40.3 Å². The number of nitro groups is 1. The second-order valence-corrected chi connectivity index (χ2v) is 12.3. The Bertz CT molecular complexity index is 1830. The summed E-state index contributed by atoms with van der Waals surface area (Å²) in [7, 11) is 0. The van der Waals surface area contributed by atoms with E-state index in [0.717, 1.165) is 54.4 Å². The first-order chi connectivity index (χ1) is 20.7. The highest BCUT2D eigenvalue weighted by molar-refractivity contribution is 7.99. The molecule has 10 heteroatoms. The van der Waals surface area contributed by atoms with E-state index >= 15 is 0 Å². The molecule has 43 heavy (non-hydrogen) atoms. The van der Waals surface area contributed by atoms with Crippen molar-refractivity contribution in [1.82, 2.24) is 14.9 Å². The number of non-ortho nitro benzene ring substituents is 1. The fraction of sp³-hybridized carbons (Fsp3) is 0.152. The van der Waals surface area contributed by atoms with Crippen LogP contribution in [0.15, 0.2) is 107 Å². The van der Waals surface area contributed by atoms with Gasteiger partial charge in [-0.2, -0.15) is 0 Å². The molecular formula is C33H28ClN5O2S2. The molecule has 0 bridgehead atoms. The number of aromatic nitrogens is 2. The largest absolute Gasteiger partial charge is 0.351 e. The van der Waals surface area contributed by atoms with Crippen molar-refractivity contribution in [1.29, 1.82) is 0 Å². The van der Waals surface area contributed by atoms with Gasteiger partial charge in [-0.3, -0.25) is 15.1 Å². The topological polar surface area (TPSA) is 76.2 Å². The number of nitrogens with one attached hydrogen (secondary N) is 1. The van der Waals surface area contributed by atoms with Crippen LogP contribution >= 0.6 is 35.6 Å². The number of pyridine rings is 1. The van der Waals surface area contributed by atoms with Gasteiger partial charge in [0, 0.05) is 55.9 Å². The first kappa shape index (κ1) is 28.9. The van der Waals surface area contributed by atoms with E-state index in [9.17, 15) is 10.1 Å². The van der Waals surface area contributed by atoms with Crippen LogP contribution in [0.2, 0.25) is 5.02 Å². The van der Waals surface area contributed by atoms with Gasteiger partial charge in [-0.25, -0.2) is 0 Å². The van der Waals surface area contributed by atoms with Crippen LogP contribution in [-0.4, -0.2) is 19.6 Å². The van der Waals surface area contributed by atoms with E-state index in [2.05, 4.69) is 52.9 Å². The highest BCUT2D eigenvalue weighted by Gasteiger charge is 2.42. The maximum absolute atomic E-state index is 11.0. The van der Waals surface area contributed by atoms with E-state index in [1.807, 2.05) is 55.6 Å². The third kappa shape index (κ3) is 5.51. The Morgan fingerprint density at radius 2 is 1.65 bits per heavy atom. The van der Waals surface area contributed by atoms with Crippen molar-refractivity contribution in [2.45, 2.75) is 42.6 Å². The summed E-state index contributed by atoms with van der Waals surface area (Å²) in [4.78, 5) is 19.4. The van der Waals surface area contributed by atoms with Crippen molar-refractivity contribution < 1.29 is 4.92 Å². The summed E-state index contributed by atoms with van der Waals surface area (Å²) in [5.74, 6) is 0. The molecule has 2 aromatic heterocycles. The van der Waals surface area contributed by atoms with Gasteiger partial charge in [0.25, 0.3) is 5.69 Å². The molecule has 216 valence electrons. The summed E-state index contributed by atoms with van der Waals surface area (Å²) in [6, 6.07) is 28.6. The monoisotopic (exact) mass is 625 g/mol. The standard InChI is InChI=1S/C33H28ClN5O2S2/c1-20-19-27(22(3)37(20)30-9-6-7-28(34)21(30)2)32-31(29-8-4-5-18-35-29)36-33(42)38(32)23-10-14-25(15-11-23)43-26-16-12-24(13-17-26)39(40)41/h4-19,31-32H,1-3H3,(H,36,42)/t31-,32+/m1/s1. The lowest BCUT2D eigenvalue weighted by Crippen LogP contribution is -2.29. The van der Waals surface area contributed by atoms with Crippen LogP contribution in [0.5, 0.6) is 0 Å². The zero-order valence-electron chi connectivity index (χ0n) is 23.7. The molecule has 0 aliphatic carbocycles. The molecule has 1 N–H and O–H groups in total. The lowest BCUT2D eigenvalue weighted by molar-refractivity contribution is -0.384. The van der Waals surface area contributed by atoms with Gasteiger partial charge in [0.15, 0.2) is 5.11 Å². The first-order valence-corrected chi connectivity index (χ1v) is 15.3. The van der Waals surface area contributed by atoms with Crippen molar-refractivity contribution in [3.05, 3.63) is 141 Å². The summed E-state index contributed by atoms with van der Waals surface area (Å²) in [5, 5.41) is 15.9. The zero-order valence-corrected chi connectivity index (χ0v) is 26.1. The molecular weight excluding hydrogens is 598 g/mol. The van der Waals surface area contributed by atoms with Gasteiger partial charge in [-0.05, 0) is 111 Å². The molecule has 1 fully saturated rings. The van der Waals surface area contributed by atoms with Crippen LogP contribution in [0.25, 0.3) is 5.69 Å². The molecule has 1 aliphatic heterocycles. The maximum atomic E-state index is 11.0. The molecule has 0 radical (unpaired) electrons. The number of hydrogen-bond acceptors (Lipinski definition) is 5. The van der Waals surface area contributed by atoms with E-state index in [1.54, 1.807) is 23.9 Å².